The van der Waals surface area contributed by atoms with E-state index in [0.717, 1.165) is 10.3 Å². The van der Waals surface area contributed by atoms with E-state index in [9.17, 15) is 14.4 Å². The van der Waals surface area contributed by atoms with Crippen LogP contribution in [0.4, 0.5) is 5.69 Å². The molecule has 0 unspecified atom stereocenters. The van der Waals surface area contributed by atoms with Crippen molar-refractivity contribution in [1.29, 1.82) is 0 Å². The predicted molar refractivity (Wildman–Crippen MR) is 103 cm³/mol. The Balaban J connectivity index is 1.48. The van der Waals surface area contributed by atoms with Crippen LogP contribution in [0.3, 0.4) is 0 Å². The van der Waals surface area contributed by atoms with Crippen LogP contribution in [0.25, 0.3) is 11.0 Å². The number of furan rings is 1. The van der Waals surface area contributed by atoms with E-state index in [0.29, 0.717) is 22.4 Å². The number of amides is 3. The Morgan fingerprint density at radius 2 is 1.78 bits per heavy atom. The first-order valence-electron chi connectivity index (χ1n) is 8.01. The standard InChI is InChI=1S/C19H13N3O4S/c1-22-17(24)12-7-6-11(9-13(12)18(22)25)20-19(27)21-16(23)15-8-10-4-2-3-5-14(10)26-15/h2-9H,1H3,(H2,20,21,23,27). The lowest BCUT2D eigenvalue weighted by atomic mass is 10.1. The maximum atomic E-state index is 12.3. The first-order chi connectivity index (χ1) is 12.9. The van der Waals surface area contributed by atoms with Crippen molar-refractivity contribution >= 4 is 51.7 Å². The molecule has 1 aliphatic rings. The number of fused-ring (bicyclic) bond motifs is 2. The number of thiocarbonyl (C=S) groups is 1. The number of benzene rings is 2. The highest BCUT2D eigenvalue weighted by atomic mass is 32.1. The zero-order chi connectivity index (χ0) is 19.1. The van der Waals surface area contributed by atoms with Gasteiger partial charge < -0.3 is 9.73 Å². The predicted octanol–water partition coefficient (Wildman–Crippen LogP) is 2.79. The highest BCUT2D eigenvalue weighted by Gasteiger charge is 2.32. The fraction of sp³-hybridized carbons (Fsp3) is 0.0526. The zero-order valence-corrected chi connectivity index (χ0v) is 14.9. The Bertz CT molecular complexity index is 1100. The van der Waals surface area contributed by atoms with Crippen molar-refractivity contribution in [2.24, 2.45) is 0 Å². The quantitative estimate of drug-likeness (QED) is 0.526. The van der Waals surface area contributed by atoms with Crippen LogP contribution in [0.1, 0.15) is 31.3 Å². The van der Waals surface area contributed by atoms with Crippen molar-refractivity contribution < 1.29 is 18.8 Å². The lowest BCUT2D eigenvalue weighted by Gasteiger charge is -2.09. The van der Waals surface area contributed by atoms with Crippen LogP contribution in [-0.2, 0) is 0 Å². The van der Waals surface area contributed by atoms with Crippen LogP contribution in [-0.4, -0.2) is 34.8 Å². The molecule has 0 fully saturated rings. The Hall–Kier alpha value is -3.52. The van der Waals surface area contributed by atoms with E-state index >= 15 is 0 Å². The van der Waals surface area contributed by atoms with E-state index in [1.165, 1.54) is 13.1 Å². The summed E-state index contributed by atoms with van der Waals surface area (Å²) >= 11 is 5.15. The van der Waals surface area contributed by atoms with E-state index in [-0.39, 0.29) is 22.7 Å². The fourth-order valence-corrected chi connectivity index (χ4v) is 3.07. The van der Waals surface area contributed by atoms with Gasteiger partial charge in [-0.1, -0.05) is 18.2 Å². The van der Waals surface area contributed by atoms with Gasteiger partial charge >= 0.3 is 0 Å². The van der Waals surface area contributed by atoms with Gasteiger partial charge in [0.1, 0.15) is 5.58 Å². The Labute approximate surface area is 158 Å². The third-order valence-electron chi connectivity index (χ3n) is 4.22. The number of carbonyl (C=O) groups is 3. The van der Waals surface area contributed by atoms with Crippen LogP contribution < -0.4 is 10.6 Å². The van der Waals surface area contributed by atoms with Crippen LogP contribution in [0.15, 0.2) is 52.9 Å². The number of nitrogens with one attached hydrogen (secondary N) is 2. The summed E-state index contributed by atoms with van der Waals surface area (Å²) in [7, 11) is 1.43. The molecule has 3 aromatic rings. The topological polar surface area (TPSA) is 91.7 Å². The van der Waals surface area contributed by atoms with Gasteiger partial charge in [0.15, 0.2) is 10.9 Å². The fourth-order valence-electron chi connectivity index (χ4n) is 2.86. The smallest absolute Gasteiger partial charge is 0.293 e. The minimum atomic E-state index is -0.490. The van der Waals surface area contributed by atoms with Crippen LogP contribution in [0.5, 0.6) is 0 Å². The minimum Gasteiger partial charge on any atom is -0.451 e. The monoisotopic (exact) mass is 379 g/mol. The summed E-state index contributed by atoms with van der Waals surface area (Å²) in [6.07, 6.45) is 0. The summed E-state index contributed by atoms with van der Waals surface area (Å²) in [5.74, 6) is -1.08. The summed E-state index contributed by atoms with van der Waals surface area (Å²) in [5.41, 5.74) is 1.72. The number of carbonyl (C=O) groups excluding carboxylic acids is 3. The van der Waals surface area contributed by atoms with Crippen LogP contribution >= 0.6 is 12.2 Å². The second-order valence-electron chi connectivity index (χ2n) is 5.99. The molecule has 2 heterocycles. The molecule has 0 aliphatic carbocycles. The summed E-state index contributed by atoms with van der Waals surface area (Å²) in [6.45, 7) is 0. The molecule has 2 N–H and O–H groups in total. The van der Waals surface area contributed by atoms with Crippen molar-refractivity contribution in [3.8, 4) is 0 Å². The van der Waals surface area contributed by atoms with Crippen LogP contribution in [0.2, 0.25) is 0 Å². The van der Waals surface area contributed by atoms with E-state index in [1.54, 1.807) is 24.3 Å². The normalized spacial score (nSPS) is 13.0. The molecule has 27 heavy (non-hydrogen) atoms. The molecule has 134 valence electrons. The average Bonchev–Trinajstić information content (AvgIpc) is 3.18. The van der Waals surface area contributed by atoms with Gasteiger partial charge in [-0.2, -0.15) is 0 Å². The largest absolute Gasteiger partial charge is 0.451 e. The molecule has 0 bridgehead atoms. The van der Waals surface area contributed by atoms with Gasteiger partial charge in [0.05, 0.1) is 11.1 Å². The number of hydrogen-bond donors (Lipinski definition) is 2. The second kappa shape index (κ2) is 6.33. The summed E-state index contributed by atoms with van der Waals surface area (Å²) in [4.78, 5) is 37.3. The number of hydrogen-bond acceptors (Lipinski definition) is 5. The molecule has 4 rings (SSSR count). The van der Waals surface area contributed by atoms with E-state index < -0.39 is 5.91 Å². The van der Waals surface area contributed by atoms with Crippen molar-refractivity contribution in [3.05, 3.63) is 65.4 Å². The SMILES string of the molecule is CN1C(=O)c2ccc(NC(=S)NC(=O)c3cc4ccccc4o3)cc2C1=O. The molecule has 0 saturated carbocycles. The summed E-state index contributed by atoms with van der Waals surface area (Å²) in [6, 6.07) is 13.6. The van der Waals surface area contributed by atoms with Gasteiger partial charge in [-0.3, -0.25) is 24.6 Å². The van der Waals surface area contributed by atoms with Gasteiger partial charge in [0, 0.05) is 18.1 Å². The highest BCUT2D eigenvalue weighted by Crippen LogP contribution is 2.24. The number of rotatable bonds is 2. The minimum absolute atomic E-state index is 0.0468. The molecule has 0 atom stereocenters. The molecule has 1 aromatic heterocycles. The molecule has 8 heteroatoms. The zero-order valence-electron chi connectivity index (χ0n) is 14.1. The Kier molecular flexibility index (Phi) is 3.97. The van der Waals surface area contributed by atoms with Crippen LogP contribution in [0, 0.1) is 0 Å². The highest BCUT2D eigenvalue weighted by molar-refractivity contribution is 7.80. The molecule has 1 aliphatic heterocycles. The first-order valence-corrected chi connectivity index (χ1v) is 8.42. The summed E-state index contributed by atoms with van der Waals surface area (Å²) in [5, 5.41) is 6.22. The van der Waals surface area contributed by atoms with Gasteiger partial charge in [0.2, 0.25) is 0 Å². The average molecular weight is 379 g/mol. The molecule has 0 spiro atoms. The molecule has 2 aromatic carbocycles. The number of anilines is 1. The number of nitrogens with zero attached hydrogens (tertiary/aromatic N) is 1. The van der Waals surface area contributed by atoms with E-state index in [4.69, 9.17) is 16.6 Å². The molecular formula is C19H13N3O4S. The van der Waals surface area contributed by atoms with E-state index in [1.807, 2.05) is 18.2 Å². The van der Waals surface area contributed by atoms with Gasteiger partial charge in [-0.05, 0) is 42.5 Å². The molecule has 7 nitrogen and oxygen atoms in total. The van der Waals surface area contributed by atoms with Crippen molar-refractivity contribution in [1.82, 2.24) is 10.2 Å². The van der Waals surface area contributed by atoms with Gasteiger partial charge in [0.25, 0.3) is 17.7 Å². The first kappa shape index (κ1) is 16.9. The summed E-state index contributed by atoms with van der Waals surface area (Å²) < 4.78 is 5.49. The molecular weight excluding hydrogens is 366 g/mol. The lowest BCUT2D eigenvalue weighted by Crippen LogP contribution is -2.33. The Morgan fingerprint density at radius 1 is 1.04 bits per heavy atom. The van der Waals surface area contributed by atoms with Gasteiger partial charge in [-0.15, -0.1) is 0 Å². The molecule has 0 radical (unpaired) electrons. The maximum Gasteiger partial charge on any atom is 0.293 e. The van der Waals surface area contributed by atoms with Crippen molar-refractivity contribution in [2.75, 3.05) is 12.4 Å². The third-order valence-corrected chi connectivity index (χ3v) is 4.43. The number of para-hydroxylation sites is 1. The van der Waals surface area contributed by atoms with Crippen molar-refractivity contribution in [2.45, 2.75) is 0 Å². The van der Waals surface area contributed by atoms with Gasteiger partial charge in [-0.25, -0.2) is 0 Å². The van der Waals surface area contributed by atoms with Crippen molar-refractivity contribution in [3.63, 3.8) is 0 Å². The molecule has 3 amide bonds. The Morgan fingerprint density at radius 3 is 2.56 bits per heavy atom. The second-order valence-corrected chi connectivity index (χ2v) is 6.39. The van der Waals surface area contributed by atoms with E-state index in [2.05, 4.69) is 10.6 Å². The third kappa shape index (κ3) is 2.96. The lowest BCUT2D eigenvalue weighted by molar-refractivity contribution is 0.0692. The maximum absolute atomic E-state index is 12.3. The molecule has 0 saturated heterocycles. The number of imide groups is 1.